The predicted octanol–water partition coefficient (Wildman–Crippen LogP) is 2.76. The summed E-state index contributed by atoms with van der Waals surface area (Å²) in [4.78, 5) is 0. The number of hydrogen-bond acceptors (Lipinski definition) is 5. The molecule has 7 heteroatoms. The highest BCUT2D eigenvalue weighted by atomic mass is 35.5. The number of fused-ring (bicyclic) bond motifs is 1. The Balaban J connectivity index is 1.92. The van der Waals surface area contributed by atoms with Crippen molar-refractivity contribution in [3.63, 3.8) is 0 Å². The summed E-state index contributed by atoms with van der Waals surface area (Å²) in [5, 5.41) is 19.6. The molecule has 3 rings (SSSR count). The van der Waals surface area contributed by atoms with Gasteiger partial charge in [-0.15, -0.1) is 10.2 Å². The number of halogens is 1. The number of anilines is 2. The summed E-state index contributed by atoms with van der Waals surface area (Å²) >= 11 is 5.92. The molecule has 19 heavy (non-hydrogen) atoms. The van der Waals surface area contributed by atoms with Crippen LogP contribution >= 0.6 is 11.6 Å². The van der Waals surface area contributed by atoms with Crippen molar-refractivity contribution in [2.75, 3.05) is 12.4 Å². The first-order valence-corrected chi connectivity index (χ1v) is 5.92. The molecule has 0 aliphatic heterocycles. The molecule has 96 valence electrons. The van der Waals surface area contributed by atoms with Gasteiger partial charge in [0.05, 0.1) is 12.6 Å². The van der Waals surface area contributed by atoms with Gasteiger partial charge in [0.1, 0.15) is 0 Å². The highest BCUT2D eigenvalue weighted by Gasteiger charge is 2.07. The topological polar surface area (TPSA) is 75.7 Å². The van der Waals surface area contributed by atoms with E-state index >= 15 is 0 Å². The molecule has 0 saturated carbocycles. The van der Waals surface area contributed by atoms with Crippen molar-refractivity contribution in [3.8, 4) is 5.88 Å². The molecule has 0 radical (unpaired) electrons. The highest BCUT2D eigenvalue weighted by Crippen LogP contribution is 2.25. The first-order valence-electron chi connectivity index (χ1n) is 5.54. The van der Waals surface area contributed by atoms with E-state index in [0.29, 0.717) is 22.5 Å². The lowest BCUT2D eigenvalue weighted by atomic mass is 10.2. The van der Waals surface area contributed by atoms with Crippen LogP contribution in [0.1, 0.15) is 0 Å². The molecule has 0 bridgehead atoms. The zero-order chi connectivity index (χ0) is 13.2. The van der Waals surface area contributed by atoms with Crippen molar-refractivity contribution < 1.29 is 4.74 Å². The Morgan fingerprint density at radius 2 is 2.11 bits per heavy atom. The number of aromatic amines is 1. The zero-order valence-corrected chi connectivity index (χ0v) is 10.8. The van der Waals surface area contributed by atoms with Crippen LogP contribution in [0.15, 0.2) is 30.3 Å². The Labute approximate surface area is 113 Å². The summed E-state index contributed by atoms with van der Waals surface area (Å²) in [6, 6.07) is 9.00. The van der Waals surface area contributed by atoms with Gasteiger partial charge in [0.2, 0.25) is 5.88 Å². The maximum Gasteiger partial charge on any atom is 0.233 e. The van der Waals surface area contributed by atoms with E-state index < -0.39 is 0 Å². The number of hydrogen-bond donors (Lipinski definition) is 2. The highest BCUT2D eigenvalue weighted by molar-refractivity contribution is 6.31. The van der Waals surface area contributed by atoms with Crippen molar-refractivity contribution in [3.05, 3.63) is 35.4 Å². The van der Waals surface area contributed by atoms with Gasteiger partial charge >= 0.3 is 0 Å². The van der Waals surface area contributed by atoms with Gasteiger partial charge in [0, 0.05) is 16.5 Å². The third-order valence-corrected chi connectivity index (χ3v) is 2.86. The number of nitrogens with zero attached hydrogens (tertiary/aromatic N) is 3. The summed E-state index contributed by atoms with van der Waals surface area (Å²) in [7, 11) is 1.54. The molecule has 0 aliphatic rings. The first-order chi connectivity index (χ1) is 9.26. The number of aromatic nitrogens is 4. The lowest BCUT2D eigenvalue weighted by Crippen LogP contribution is -1.97. The first kappa shape index (κ1) is 11.7. The molecule has 2 N–H and O–H groups in total. The Kier molecular flexibility index (Phi) is 2.92. The molecular formula is C12H10ClN5O. The van der Waals surface area contributed by atoms with E-state index in [9.17, 15) is 0 Å². The van der Waals surface area contributed by atoms with Gasteiger partial charge in [-0.05, 0) is 24.3 Å². The van der Waals surface area contributed by atoms with Crippen LogP contribution in [0, 0.1) is 0 Å². The van der Waals surface area contributed by atoms with E-state index in [2.05, 4.69) is 25.7 Å². The number of methoxy groups -OCH3 is 1. The summed E-state index contributed by atoms with van der Waals surface area (Å²) in [5.74, 6) is 1.72. The largest absolute Gasteiger partial charge is 0.480 e. The van der Waals surface area contributed by atoms with E-state index in [4.69, 9.17) is 16.3 Å². The molecule has 0 fully saturated rings. The van der Waals surface area contributed by atoms with E-state index in [1.165, 1.54) is 0 Å². The Morgan fingerprint density at radius 3 is 2.84 bits per heavy atom. The predicted molar refractivity (Wildman–Crippen MR) is 73.0 cm³/mol. The van der Waals surface area contributed by atoms with Gasteiger partial charge in [-0.3, -0.25) is 5.10 Å². The fourth-order valence-electron chi connectivity index (χ4n) is 1.70. The van der Waals surface area contributed by atoms with Crippen molar-refractivity contribution >= 4 is 34.1 Å². The molecule has 2 heterocycles. The SMILES string of the molecule is COc1ccc(Nc2n[nH]c3cc(Cl)ccc23)nn1. The fraction of sp³-hybridized carbons (Fsp3) is 0.0833. The number of rotatable bonds is 3. The van der Waals surface area contributed by atoms with Crippen LogP contribution in [-0.2, 0) is 0 Å². The third-order valence-electron chi connectivity index (χ3n) is 2.62. The molecule has 0 unspecified atom stereocenters. The molecule has 1 aromatic carbocycles. The van der Waals surface area contributed by atoms with Gasteiger partial charge in [0.25, 0.3) is 0 Å². The van der Waals surface area contributed by atoms with Crippen LogP contribution in [0.25, 0.3) is 10.9 Å². The van der Waals surface area contributed by atoms with Crippen LogP contribution < -0.4 is 10.1 Å². The van der Waals surface area contributed by atoms with Crippen LogP contribution in [-0.4, -0.2) is 27.5 Å². The molecule has 0 amide bonds. The normalized spacial score (nSPS) is 10.6. The molecule has 0 spiro atoms. The minimum absolute atomic E-state index is 0.462. The Morgan fingerprint density at radius 1 is 1.21 bits per heavy atom. The molecule has 6 nitrogen and oxygen atoms in total. The maximum absolute atomic E-state index is 5.92. The smallest absolute Gasteiger partial charge is 0.233 e. The van der Waals surface area contributed by atoms with E-state index in [-0.39, 0.29) is 0 Å². The molecule has 2 aromatic heterocycles. The lowest BCUT2D eigenvalue weighted by Gasteiger charge is -2.02. The lowest BCUT2D eigenvalue weighted by molar-refractivity contribution is 0.392. The summed E-state index contributed by atoms with van der Waals surface area (Å²) < 4.78 is 4.95. The van der Waals surface area contributed by atoms with Gasteiger partial charge in [-0.25, -0.2) is 0 Å². The Bertz CT molecular complexity index is 710. The second kappa shape index (κ2) is 4.74. The van der Waals surface area contributed by atoms with E-state index in [1.807, 2.05) is 18.2 Å². The molecule has 0 atom stereocenters. The number of benzene rings is 1. The quantitative estimate of drug-likeness (QED) is 0.769. The van der Waals surface area contributed by atoms with Crippen molar-refractivity contribution in [2.24, 2.45) is 0 Å². The second-order valence-electron chi connectivity index (χ2n) is 3.85. The molecule has 0 aliphatic carbocycles. The van der Waals surface area contributed by atoms with E-state index in [0.717, 1.165) is 10.9 Å². The summed E-state index contributed by atoms with van der Waals surface area (Å²) in [6.45, 7) is 0. The van der Waals surface area contributed by atoms with Gasteiger partial charge in [-0.1, -0.05) is 11.6 Å². The average molecular weight is 276 g/mol. The summed E-state index contributed by atoms with van der Waals surface area (Å²) in [5.41, 5.74) is 0.858. The van der Waals surface area contributed by atoms with E-state index in [1.54, 1.807) is 19.2 Å². The Hall–Kier alpha value is -2.34. The standard InChI is InChI=1S/C12H10ClN5O/c1-19-11-5-4-10(16-17-11)14-12-8-3-2-7(13)6-9(8)15-18-12/h2-6H,1H3,(H2,14,15,16,18). The van der Waals surface area contributed by atoms with Crippen molar-refractivity contribution in [2.45, 2.75) is 0 Å². The molecule has 0 saturated heterocycles. The average Bonchev–Trinajstić information content (AvgIpc) is 2.82. The summed E-state index contributed by atoms with van der Waals surface area (Å²) in [6.07, 6.45) is 0. The monoisotopic (exact) mass is 275 g/mol. The second-order valence-corrected chi connectivity index (χ2v) is 4.28. The van der Waals surface area contributed by atoms with Gasteiger partial charge < -0.3 is 10.1 Å². The zero-order valence-electron chi connectivity index (χ0n) is 10.0. The minimum Gasteiger partial charge on any atom is -0.480 e. The number of nitrogens with one attached hydrogen (secondary N) is 2. The maximum atomic E-state index is 5.92. The fourth-order valence-corrected chi connectivity index (χ4v) is 1.88. The van der Waals surface area contributed by atoms with Crippen molar-refractivity contribution in [1.29, 1.82) is 0 Å². The van der Waals surface area contributed by atoms with Crippen LogP contribution in [0.5, 0.6) is 5.88 Å². The van der Waals surface area contributed by atoms with Gasteiger partial charge in [-0.2, -0.15) is 5.10 Å². The molecule has 3 aromatic rings. The number of ether oxygens (including phenoxy) is 1. The third kappa shape index (κ3) is 2.30. The van der Waals surface area contributed by atoms with Crippen molar-refractivity contribution in [1.82, 2.24) is 20.4 Å². The van der Waals surface area contributed by atoms with Crippen LogP contribution in [0.2, 0.25) is 5.02 Å². The van der Waals surface area contributed by atoms with Crippen LogP contribution in [0.3, 0.4) is 0 Å². The minimum atomic E-state index is 0.462. The molecular weight excluding hydrogens is 266 g/mol. The van der Waals surface area contributed by atoms with Gasteiger partial charge in [0.15, 0.2) is 11.6 Å². The number of H-pyrrole nitrogens is 1. The van der Waals surface area contributed by atoms with Crippen LogP contribution in [0.4, 0.5) is 11.6 Å².